The van der Waals surface area contributed by atoms with E-state index in [-0.39, 0.29) is 17.0 Å². The van der Waals surface area contributed by atoms with Gasteiger partial charge in [0.1, 0.15) is 5.56 Å². The fourth-order valence-electron chi connectivity index (χ4n) is 2.48. The summed E-state index contributed by atoms with van der Waals surface area (Å²) in [6.45, 7) is 2.33. The molecule has 3 rings (SSSR count). The molecule has 2 aromatic heterocycles. The highest BCUT2D eigenvalue weighted by molar-refractivity contribution is 7.17. The lowest BCUT2D eigenvalue weighted by Gasteiger charge is -2.10. The summed E-state index contributed by atoms with van der Waals surface area (Å²) in [5.74, 6) is -0.342. The fourth-order valence-corrected chi connectivity index (χ4v) is 3.65. The summed E-state index contributed by atoms with van der Waals surface area (Å²) in [5, 5.41) is 2.65. The van der Waals surface area contributed by atoms with E-state index in [2.05, 4.69) is 10.3 Å². The highest BCUT2D eigenvalue weighted by atomic mass is 32.1. The van der Waals surface area contributed by atoms with E-state index in [9.17, 15) is 9.59 Å². The summed E-state index contributed by atoms with van der Waals surface area (Å²) >= 11 is 1.57. The van der Waals surface area contributed by atoms with Gasteiger partial charge in [0.2, 0.25) is 0 Å². The van der Waals surface area contributed by atoms with E-state index in [0.717, 1.165) is 31.4 Å². The summed E-state index contributed by atoms with van der Waals surface area (Å²) in [7, 11) is 0. The normalized spacial score (nSPS) is 14.4. The smallest absolute Gasteiger partial charge is 0.271 e. The Hall–Kier alpha value is -1.69. The zero-order valence-corrected chi connectivity index (χ0v) is 11.5. The molecule has 100 valence electrons. The zero-order valence-electron chi connectivity index (χ0n) is 10.7. The average Bonchev–Trinajstić information content (AvgIpc) is 2.78. The lowest BCUT2D eigenvalue weighted by Crippen LogP contribution is -2.31. The standard InChI is InChI=1S/C13H15N3O2S/c1-2-14-11(17)8-7-15-13-16(12(8)18)9-5-3-4-6-10(9)19-13/h7H,2-6H2,1H3,(H,14,17). The molecule has 6 heteroatoms. The molecular weight excluding hydrogens is 262 g/mol. The van der Waals surface area contributed by atoms with Gasteiger partial charge in [-0.3, -0.25) is 14.0 Å². The zero-order chi connectivity index (χ0) is 13.4. The van der Waals surface area contributed by atoms with Crippen molar-refractivity contribution in [2.45, 2.75) is 32.6 Å². The van der Waals surface area contributed by atoms with E-state index in [1.807, 2.05) is 6.92 Å². The summed E-state index contributed by atoms with van der Waals surface area (Å²) in [6.07, 6.45) is 5.56. The number of aromatic nitrogens is 2. The summed E-state index contributed by atoms with van der Waals surface area (Å²) in [6, 6.07) is 0. The Bertz CT molecular complexity index is 702. The second-order valence-corrected chi connectivity index (χ2v) is 5.70. The van der Waals surface area contributed by atoms with Crippen molar-refractivity contribution in [1.29, 1.82) is 0 Å². The number of carbonyl (C=O) groups excluding carboxylic acids is 1. The van der Waals surface area contributed by atoms with Crippen LogP contribution in [0.3, 0.4) is 0 Å². The van der Waals surface area contributed by atoms with Crippen LogP contribution in [-0.4, -0.2) is 21.8 Å². The highest BCUT2D eigenvalue weighted by Gasteiger charge is 2.20. The molecule has 0 saturated carbocycles. The quantitative estimate of drug-likeness (QED) is 0.902. The highest BCUT2D eigenvalue weighted by Crippen LogP contribution is 2.27. The molecule has 19 heavy (non-hydrogen) atoms. The molecule has 0 unspecified atom stereocenters. The van der Waals surface area contributed by atoms with Gasteiger partial charge in [0, 0.05) is 23.3 Å². The van der Waals surface area contributed by atoms with Crippen LogP contribution in [0, 0.1) is 0 Å². The Morgan fingerprint density at radius 3 is 3.05 bits per heavy atom. The molecule has 2 aromatic rings. The third kappa shape index (κ3) is 1.96. The molecule has 1 aliphatic rings. The van der Waals surface area contributed by atoms with Crippen LogP contribution < -0.4 is 10.9 Å². The van der Waals surface area contributed by atoms with Gasteiger partial charge >= 0.3 is 0 Å². The molecule has 0 fully saturated rings. The molecule has 1 N–H and O–H groups in total. The van der Waals surface area contributed by atoms with Crippen LogP contribution in [-0.2, 0) is 12.8 Å². The molecule has 0 radical (unpaired) electrons. The number of thiazole rings is 1. The minimum absolute atomic E-state index is 0.130. The lowest BCUT2D eigenvalue weighted by atomic mass is 10.0. The van der Waals surface area contributed by atoms with Crippen LogP contribution in [0.25, 0.3) is 4.96 Å². The fraction of sp³-hybridized carbons (Fsp3) is 0.462. The van der Waals surface area contributed by atoms with Gasteiger partial charge in [0.25, 0.3) is 11.5 Å². The van der Waals surface area contributed by atoms with E-state index < -0.39 is 0 Å². The number of nitrogens with one attached hydrogen (secondary N) is 1. The van der Waals surface area contributed by atoms with Crippen molar-refractivity contribution >= 4 is 22.2 Å². The number of nitrogens with zero attached hydrogens (tertiary/aromatic N) is 2. The molecular formula is C13H15N3O2S. The molecule has 1 aliphatic carbocycles. The SMILES string of the molecule is CCNC(=O)c1cnc2sc3c(n2c1=O)CCCC3. The maximum absolute atomic E-state index is 12.4. The molecule has 5 nitrogen and oxygen atoms in total. The maximum atomic E-state index is 12.4. The monoisotopic (exact) mass is 277 g/mol. The van der Waals surface area contributed by atoms with Crippen molar-refractivity contribution in [2.24, 2.45) is 0 Å². The molecule has 0 spiro atoms. The van der Waals surface area contributed by atoms with E-state index >= 15 is 0 Å². The number of rotatable bonds is 2. The van der Waals surface area contributed by atoms with Crippen LogP contribution >= 0.6 is 11.3 Å². The Morgan fingerprint density at radius 2 is 2.26 bits per heavy atom. The largest absolute Gasteiger partial charge is 0.352 e. The van der Waals surface area contributed by atoms with Crippen molar-refractivity contribution in [2.75, 3.05) is 6.54 Å². The Kier molecular flexibility index (Phi) is 3.10. The third-order valence-electron chi connectivity index (χ3n) is 3.38. The van der Waals surface area contributed by atoms with Crippen LogP contribution in [0.5, 0.6) is 0 Å². The number of hydrogen-bond acceptors (Lipinski definition) is 4. The molecule has 0 bridgehead atoms. The van der Waals surface area contributed by atoms with Gasteiger partial charge in [-0.1, -0.05) is 0 Å². The summed E-state index contributed by atoms with van der Waals surface area (Å²) < 4.78 is 1.63. The molecule has 0 atom stereocenters. The van der Waals surface area contributed by atoms with Crippen LogP contribution in [0.2, 0.25) is 0 Å². The molecule has 0 saturated heterocycles. The van der Waals surface area contributed by atoms with Gasteiger partial charge in [-0.05, 0) is 32.6 Å². The predicted molar refractivity (Wildman–Crippen MR) is 74.0 cm³/mol. The van der Waals surface area contributed by atoms with Crippen LogP contribution in [0.15, 0.2) is 11.0 Å². The topological polar surface area (TPSA) is 63.5 Å². The van der Waals surface area contributed by atoms with Crippen LogP contribution in [0.1, 0.15) is 40.7 Å². The first-order valence-electron chi connectivity index (χ1n) is 6.53. The van der Waals surface area contributed by atoms with E-state index in [1.165, 1.54) is 11.1 Å². The molecule has 0 aliphatic heterocycles. The molecule has 1 amide bonds. The van der Waals surface area contributed by atoms with Gasteiger partial charge in [0.15, 0.2) is 4.96 Å². The Morgan fingerprint density at radius 1 is 1.47 bits per heavy atom. The maximum Gasteiger partial charge on any atom is 0.271 e. The van der Waals surface area contributed by atoms with E-state index in [4.69, 9.17) is 0 Å². The number of fused-ring (bicyclic) bond motifs is 3. The van der Waals surface area contributed by atoms with Gasteiger partial charge in [0.05, 0.1) is 0 Å². The average molecular weight is 277 g/mol. The number of amides is 1. The first-order chi connectivity index (χ1) is 9.22. The molecule has 2 heterocycles. The minimum Gasteiger partial charge on any atom is -0.352 e. The number of aryl methyl sites for hydroxylation is 2. The summed E-state index contributed by atoms with van der Waals surface area (Å²) in [4.78, 5) is 30.5. The van der Waals surface area contributed by atoms with Gasteiger partial charge < -0.3 is 5.32 Å². The second-order valence-electron chi connectivity index (χ2n) is 4.63. The number of hydrogen-bond donors (Lipinski definition) is 1. The second kappa shape index (κ2) is 4.77. The predicted octanol–water partition coefficient (Wildman–Crippen LogP) is 1.38. The number of carbonyl (C=O) groups is 1. The van der Waals surface area contributed by atoms with Gasteiger partial charge in [-0.25, -0.2) is 4.98 Å². The van der Waals surface area contributed by atoms with Gasteiger partial charge in [-0.15, -0.1) is 11.3 Å². The van der Waals surface area contributed by atoms with Crippen molar-refractivity contribution in [1.82, 2.24) is 14.7 Å². The van der Waals surface area contributed by atoms with Crippen molar-refractivity contribution in [3.63, 3.8) is 0 Å². The van der Waals surface area contributed by atoms with Crippen molar-refractivity contribution in [3.8, 4) is 0 Å². The van der Waals surface area contributed by atoms with Crippen molar-refractivity contribution < 1.29 is 4.79 Å². The first-order valence-corrected chi connectivity index (χ1v) is 7.34. The van der Waals surface area contributed by atoms with E-state index in [1.54, 1.807) is 15.7 Å². The minimum atomic E-state index is -0.342. The van der Waals surface area contributed by atoms with Crippen LogP contribution in [0.4, 0.5) is 0 Å². The first kappa shape index (κ1) is 12.3. The lowest BCUT2D eigenvalue weighted by molar-refractivity contribution is 0.0954. The summed E-state index contributed by atoms with van der Waals surface area (Å²) in [5.41, 5.74) is 0.941. The van der Waals surface area contributed by atoms with Gasteiger partial charge in [-0.2, -0.15) is 0 Å². The van der Waals surface area contributed by atoms with E-state index in [0.29, 0.717) is 11.5 Å². The molecule has 0 aromatic carbocycles. The third-order valence-corrected chi connectivity index (χ3v) is 4.54. The Labute approximate surface area is 114 Å². The Balaban J connectivity index is 2.21. The van der Waals surface area contributed by atoms with Crippen molar-refractivity contribution in [3.05, 3.63) is 32.7 Å².